The Morgan fingerprint density at radius 3 is 0.977 bits per heavy atom. The third-order valence-corrected chi connectivity index (χ3v) is 14.3. The van der Waals surface area contributed by atoms with Crippen LogP contribution in [0.5, 0.6) is 0 Å². The Morgan fingerprint density at radius 2 is 0.655 bits per heavy atom. The largest absolute Gasteiger partial charge is 0.545 e. The molecule has 0 N–H and O–H groups in total. The molecule has 0 radical (unpaired) electrons. The van der Waals surface area contributed by atoms with E-state index in [9.17, 15) is 19.5 Å². The molecule has 0 spiro atoms. The van der Waals surface area contributed by atoms with E-state index in [0.29, 0.717) is 17.4 Å². The first kappa shape index (κ1) is 81.9. The molecule has 0 saturated carbocycles. The van der Waals surface area contributed by atoms with E-state index < -0.39 is 24.3 Å². The second-order valence-corrected chi connectivity index (χ2v) is 23.7. The van der Waals surface area contributed by atoms with Crippen LogP contribution in [0.3, 0.4) is 0 Å². The standard InChI is InChI=1S/C78H127NO8/c1-6-8-10-12-14-16-18-20-22-24-26-28-30-31-32-33-34-35-36-37-38-39-40-41-42-43-44-45-47-49-51-53-55-57-59-61-63-65-67-69-76(81)87-74(73-86-78(77(82)83)84-71-70-79(3,4)5)72-85-75(80)68-66-64-62-60-58-56-54-52-50-48-46-29-27-25-23-21-19-17-15-13-11-9-7-2/h8,10,14,16,19-22,25-28,31-32,34-35,37-38,40-41,43-44,47,49,53,55,74,78H,6-7,9,11-13,15,17-18,23-24,29-30,33,36,39,42,45-46,48,50-52,54,56-73H2,1-5H3/b10-8-,16-14-,21-19-,22-20-,27-25-,28-26-,32-31-,35-34-,38-37-,41-40-,44-43-,49-47-,55-53-. The highest BCUT2D eigenvalue weighted by molar-refractivity contribution is 5.70. The summed E-state index contributed by atoms with van der Waals surface area (Å²) in [5.74, 6) is -2.32. The van der Waals surface area contributed by atoms with Crippen molar-refractivity contribution in [2.45, 2.75) is 270 Å². The third-order valence-electron chi connectivity index (χ3n) is 14.3. The molecule has 0 amide bonds. The fraction of sp³-hybridized carbons (Fsp3) is 0.628. The van der Waals surface area contributed by atoms with Gasteiger partial charge in [0.05, 0.1) is 40.3 Å². The Kier molecular flexibility index (Phi) is 62.9. The van der Waals surface area contributed by atoms with Gasteiger partial charge in [-0.3, -0.25) is 9.59 Å². The van der Waals surface area contributed by atoms with Crippen LogP contribution >= 0.6 is 0 Å². The number of carbonyl (C=O) groups excluding carboxylic acids is 3. The zero-order valence-electron chi connectivity index (χ0n) is 56.1. The van der Waals surface area contributed by atoms with Gasteiger partial charge in [0, 0.05) is 12.8 Å². The summed E-state index contributed by atoms with van der Waals surface area (Å²) < 4.78 is 22.7. The lowest BCUT2D eigenvalue weighted by atomic mass is 10.0. The van der Waals surface area contributed by atoms with Gasteiger partial charge in [0.2, 0.25) is 0 Å². The molecule has 2 unspecified atom stereocenters. The number of carbonyl (C=O) groups is 3. The van der Waals surface area contributed by atoms with Crippen LogP contribution in [0.15, 0.2) is 158 Å². The van der Waals surface area contributed by atoms with Crippen molar-refractivity contribution >= 4 is 17.9 Å². The summed E-state index contributed by atoms with van der Waals surface area (Å²) >= 11 is 0. The molecule has 0 bridgehead atoms. The van der Waals surface area contributed by atoms with Gasteiger partial charge in [0.15, 0.2) is 12.4 Å². The van der Waals surface area contributed by atoms with Crippen LogP contribution in [0.2, 0.25) is 0 Å². The van der Waals surface area contributed by atoms with Gasteiger partial charge in [-0.25, -0.2) is 0 Å². The van der Waals surface area contributed by atoms with Gasteiger partial charge < -0.3 is 33.3 Å². The smallest absolute Gasteiger partial charge is 0.306 e. The number of ether oxygens (including phenoxy) is 4. The van der Waals surface area contributed by atoms with Crippen molar-refractivity contribution in [1.82, 2.24) is 0 Å². The lowest BCUT2D eigenvalue weighted by Gasteiger charge is -2.26. The minimum absolute atomic E-state index is 0.135. The number of hydrogen-bond acceptors (Lipinski definition) is 8. The molecular weight excluding hydrogens is 1080 g/mol. The monoisotopic (exact) mass is 1210 g/mol. The van der Waals surface area contributed by atoms with Crippen LogP contribution in [0.25, 0.3) is 0 Å². The maximum atomic E-state index is 12.9. The zero-order chi connectivity index (χ0) is 63.3. The number of carboxylic acids is 1. The lowest BCUT2D eigenvalue weighted by molar-refractivity contribution is -0.870. The molecule has 0 aromatic heterocycles. The van der Waals surface area contributed by atoms with E-state index in [1.165, 1.54) is 96.3 Å². The Morgan fingerprint density at radius 1 is 0.356 bits per heavy atom. The highest BCUT2D eigenvalue weighted by atomic mass is 16.7. The van der Waals surface area contributed by atoms with Crippen molar-refractivity contribution in [1.29, 1.82) is 0 Å². The number of quaternary nitrogens is 1. The highest BCUT2D eigenvalue weighted by Crippen LogP contribution is 2.15. The number of unbranched alkanes of at least 4 members (excludes halogenated alkanes) is 21. The fourth-order valence-corrected chi connectivity index (χ4v) is 8.98. The van der Waals surface area contributed by atoms with Crippen LogP contribution < -0.4 is 5.11 Å². The summed E-state index contributed by atoms with van der Waals surface area (Å²) in [5, 5.41) is 11.8. The Hall–Kier alpha value is -5.09. The number of nitrogens with zero attached hydrogens (tertiary/aromatic N) is 1. The van der Waals surface area contributed by atoms with Gasteiger partial charge in [-0.1, -0.05) is 275 Å². The summed E-state index contributed by atoms with van der Waals surface area (Å²) in [7, 11) is 5.91. The lowest BCUT2D eigenvalue weighted by Crippen LogP contribution is -2.44. The number of likely N-dealkylation sites (N-methyl/N-ethyl adjacent to an activating group) is 1. The molecule has 0 fully saturated rings. The van der Waals surface area contributed by atoms with Gasteiger partial charge in [0.1, 0.15) is 13.2 Å². The number of carboxylic acid groups (broad SMARTS) is 1. The van der Waals surface area contributed by atoms with E-state index in [1.54, 1.807) is 0 Å². The molecule has 0 rings (SSSR count). The van der Waals surface area contributed by atoms with Gasteiger partial charge in [-0.15, -0.1) is 0 Å². The van der Waals surface area contributed by atoms with E-state index in [2.05, 4.69) is 172 Å². The number of allylic oxidation sites excluding steroid dienone is 26. The molecule has 492 valence electrons. The molecule has 0 aromatic rings. The SMILES string of the molecule is CC/C=C\C/C=C\C/C=C\C/C=C\C/C=C\C/C=C\C/C=C\C/C=C\C/C=C\C/C=C\C/C=C\CCCCCCCC(=O)OC(COC(=O)CCCCCCCCCCCCC/C=C\C/C=C\CCCCCCC)COC(OCC[N+](C)(C)C)C(=O)[O-]. The van der Waals surface area contributed by atoms with Crippen LogP contribution in [-0.4, -0.2) is 82.3 Å². The maximum Gasteiger partial charge on any atom is 0.306 e. The number of hydrogen-bond donors (Lipinski definition) is 0. The Labute approximate surface area is 534 Å². The van der Waals surface area contributed by atoms with E-state index in [4.69, 9.17) is 18.9 Å². The normalized spacial score (nSPS) is 13.7. The molecule has 0 aliphatic heterocycles. The molecule has 0 aromatic carbocycles. The fourth-order valence-electron chi connectivity index (χ4n) is 8.98. The topological polar surface area (TPSA) is 111 Å². The van der Waals surface area contributed by atoms with E-state index >= 15 is 0 Å². The average molecular weight is 1210 g/mol. The molecule has 0 aliphatic rings. The van der Waals surface area contributed by atoms with Crippen molar-refractivity contribution < 1.29 is 42.9 Å². The Bertz CT molecular complexity index is 1990. The number of esters is 2. The zero-order valence-corrected chi connectivity index (χ0v) is 56.1. The molecule has 9 heteroatoms. The average Bonchev–Trinajstić information content (AvgIpc) is 3.55. The molecule has 0 aliphatic carbocycles. The first-order chi connectivity index (χ1) is 42.6. The second-order valence-electron chi connectivity index (χ2n) is 23.7. The molecular formula is C78H127NO8. The molecule has 9 nitrogen and oxygen atoms in total. The quantitative estimate of drug-likeness (QED) is 0.0195. The van der Waals surface area contributed by atoms with Crippen LogP contribution in [0, 0.1) is 0 Å². The third kappa shape index (κ3) is 68.3. The van der Waals surface area contributed by atoms with E-state index in [-0.39, 0.29) is 38.6 Å². The van der Waals surface area contributed by atoms with Crippen molar-refractivity contribution in [3.8, 4) is 0 Å². The molecule has 0 heterocycles. The van der Waals surface area contributed by atoms with Crippen LogP contribution in [0.1, 0.15) is 258 Å². The van der Waals surface area contributed by atoms with Crippen LogP contribution in [-0.2, 0) is 33.3 Å². The van der Waals surface area contributed by atoms with Gasteiger partial charge in [-0.2, -0.15) is 0 Å². The molecule has 87 heavy (non-hydrogen) atoms. The molecule has 2 atom stereocenters. The van der Waals surface area contributed by atoms with E-state index in [1.807, 2.05) is 21.1 Å². The first-order valence-electron chi connectivity index (χ1n) is 34.6. The molecule has 0 saturated heterocycles. The predicted octanol–water partition coefficient (Wildman–Crippen LogP) is 20.4. The first-order valence-corrected chi connectivity index (χ1v) is 34.6. The maximum absolute atomic E-state index is 12.9. The van der Waals surface area contributed by atoms with Crippen LogP contribution in [0.4, 0.5) is 0 Å². The van der Waals surface area contributed by atoms with Gasteiger partial charge in [-0.05, 0) is 128 Å². The Balaban J connectivity index is 4.24. The number of aliphatic carboxylic acids is 1. The van der Waals surface area contributed by atoms with Gasteiger partial charge >= 0.3 is 11.9 Å². The minimum Gasteiger partial charge on any atom is -0.545 e. The summed E-state index contributed by atoms with van der Waals surface area (Å²) in [5.41, 5.74) is 0. The summed E-state index contributed by atoms with van der Waals surface area (Å²) in [6.07, 6.45) is 96.0. The van der Waals surface area contributed by atoms with E-state index in [0.717, 1.165) is 128 Å². The summed E-state index contributed by atoms with van der Waals surface area (Å²) in [6, 6.07) is 0. The summed E-state index contributed by atoms with van der Waals surface area (Å²) in [6.45, 7) is 4.59. The second kappa shape index (κ2) is 66.9. The number of rotatable bonds is 62. The van der Waals surface area contributed by atoms with Crippen molar-refractivity contribution in [3.05, 3.63) is 158 Å². The summed E-state index contributed by atoms with van der Waals surface area (Å²) in [4.78, 5) is 37.5. The predicted molar refractivity (Wildman–Crippen MR) is 370 cm³/mol. The van der Waals surface area contributed by atoms with Crippen molar-refractivity contribution in [3.63, 3.8) is 0 Å². The highest BCUT2D eigenvalue weighted by Gasteiger charge is 2.22. The minimum atomic E-state index is -1.64. The van der Waals surface area contributed by atoms with Crippen molar-refractivity contribution in [2.24, 2.45) is 0 Å². The van der Waals surface area contributed by atoms with Gasteiger partial charge in [0.25, 0.3) is 0 Å². The van der Waals surface area contributed by atoms with Crippen molar-refractivity contribution in [2.75, 3.05) is 47.5 Å².